The Bertz CT molecular complexity index is 1080. The third-order valence-electron chi connectivity index (χ3n) is 6.18. The molecule has 1 aromatic heterocycles. The molecule has 4 nitrogen and oxygen atoms in total. The van der Waals surface area contributed by atoms with Gasteiger partial charge in [0.25, 0.3) is 0 Å². The average Bonchev–Trinajstić information content (AvgIpc) is 3.18. The van der Waals surface area contributed by atoms with Gasteiger partial charge in [-0.1, -0.05) is 67.6 Å². The maximum Gasteiger partial charge on any atom is 0.341 e. The van der Waals surface area contributed by atoms with Crippen molar-refractivity contribution in [3.8, 4) is 0 Å². The Morgan fingerprint density at radius 2 is 1.75 bits per heavy atom. The lowest BCUT2D eigenvalue weighted by Gasteiger charge is -2.23. The summed E-state index contributed by atoms with van der Waals surface area (Å²) in [5.41, 5.74) is 3.90. The number of carbonyl (C=O) groups is 2. The van der Waals surface area contributed by atoms with Crippen molar-refractivity contribution in [1.82, 2.24) is 0 Å². The lowest BCUT2D eigenvalue weighted by Crippen LogP contribution is -2.22. The van der Waals surface area contributed by atoms with E-state index in [2.05, 4.69) is 29.6 Å². The van der Waals surface area contributed by atoms with Crippen LogP contribution in [0, 0.1) is 0 Å². The molecule has 0 bridgehead atoms. The van der Waals surface area contributed by atoms with E-state index < -0.39 is 0 Å². The van der Waals surface area contributed by atoms with Gasteiger partial charge < -0.3 is 10.1 Å². The molecule has 0 saturated heterocycles. The van der Waals surface area contributed by atoms with Crippen molar-refractivity contribution in [2.24, 2.45) is 0 Å². The summed E-state index contributed by atoms with van der Waals surface area (Å²) in [5.74, 6) is -0.259. The molecule has 2 aromatic carbocycles. The number of anilines is 1. The lowest BCUT2D eigenvalue weighted by molar-refractivity contribution is -0.117. The fourth-order valence-electron chi connectivity index (χ4n) is 4.56. The van der Waals surface area contributed by atoms with E-state index in [1.54, 1.807) is 0 Å². The first-order valence-electron chi connectivity index (χ1n) is 11.3. The number of benzene rings is 2. The predicted molar refractivity (Wildman–Crippen MR) is 130 cm³/mol. The standard InChI is InChI=1S/C27H29NO3S/c1-3-21(19-13-9-6-10-14-19)25(29)28-26-24(27(30)31-4-2)22-16-15-20(17-23(22)32-26)18-11-7-5-8-12-18/h5-14,20-21H,3-4,15-17H2,1-2H3,(H,28,29). The van der Waals surface area contributed by atoms with E-state index in [1.165, 1.54) is 21.8 Å². The number of hydrogen-bond acceptors (Lipinski definition) is 4. The Morgan fingerprint density at radius 1 is 1.06 bits per heavy atom. The van der Waals surface area contributed by atoms with Crippen LogP contribution in [0.25, 0.3) is 0 Å². The normalized spacial score (nSPS) is 16.1. The van der Waals surface area contributed by atoms with Crippen molar-refractivity contribution in [2.45, 2.75) is 51.4 Å². The molecular formula is C27H29NO3S. The number of hydrogen-bond donors (Lipinski definition) is 1. The van der Waals surface area contributed by atoms with E-state index in [0.29, 0.717) is 29.5 Å². The average molecular weight is 448 g/mol. The Hall–Kier alpha value is -2.92. The highest BCUT2D eigenvalue weighted by Crippen LogP contribution is 2.43. The van der Waals surface area contributed by atoms with Crippen LogP contribution in [0.15, 0.2) is 60.7 Å². The number of esters is 1. The third kappa shape index (κ3) is 4.63. The van der Waals surface area contributed by atoms with Crippen molar-refractivity contribution in [3.63, 3.8) is 0 Å². The van der Waals surface area contributed by atoms with Gasteiger partial charge >= 0.3 is 5.97 Å². The van der Waals surface area contributed by atoms with Crippen LogP contribution in [0.4, 0.5) is 5.00 Å². The molecule has 1 aliphatic rings. The van der Waals surface area contributed by atoms with Gasteiger partial charge in [-0.3, -0.25) is 4.79 Å². The topological polar surface area (TPSA) is 55.4 Å². The number of ether oxygens (including phenoxy) is 1. The summed E-state index contributed by atoms with van der Waals surface area (Å²) < 4.78 is 5.37. The Balaban J connectivity index is 1.64. The van der Waals surface area contributed by atoms with Crippen LogP contribution in [-0.2, 0) is 22.4 Å². The molecule has 0 spiro atoms. The van der Waals surface area contributed by atoms with Gasteiger partial charge in [-0.15, -0.1) is 11.3 Å². The number of carbonyl (C=O) groups excluding carboxylic acids is 2. The number of amides is 1. The number of fused-ring (bicyclic) bond motifs is 1. The molecule has 0 fully saturated rings. The number of thiophene rings is 1. The molecule has 0 saturated carbocycles. The van der Waals surface area contributed by atoms with Gasteiger partial charge in [-0.2, -0.15) is 0 Å². The van der Waals surface area contributed by atoms with Crippen LogP contribution in [-0.4, -0.2) is 18.5 Å². The first kappa shape index (κ1) is 22.3. The Labute approximate surface area is 193 Å². The van der Waals surface area contributed by atoms with E-state index in [4.69, 9.17) is 4.74 Å². The zero-order chi connectivity index (χ0) is 22.5. The minimum absolute atomic E-state index is 0.0811. The summed E-state index contributed by atoms with van der Waals surface area (Å²) in [6.07, 6.45) is 3.36. The van der Waals surface area contributed by atoms with E-state index >= 15 is 0 Å². The van der Waals surface area contributed by atoms with Crippen LogP contribution >= 0.6 is 11.3 Å². The summed E-state index contributed by atoms with van der Waals surface area (Å²) in [4.78, 5) is 27.3. The van der Waals surface area contributed by atoms with Gasteiger partial charge in [0.15, 0.2) is 0 Å². The van der Waals surface area contributed by atoms with Crippen molar-refractivity contribution >= 4 is 28.2 Å². The van der Waals surface area contributed by atoms with Gasteiger partial charge in [0.2, 0.25) is 5.91 Å². The van der Waals surface area contributed by atoms with Gasteiger partial charge in [-0.05, 0) is 55.2 Å². The van der Waals surface area contributed by atoms with Crippen molar-refractivity contribution < 1.29 is 14.3 Å². The maximum atomic E-state index is 13.2. The second-order valence-electron chi connectivity index (χ2n) is 8.14. The summed E-state index contributed by atoms with van der Waals surface area (Å²) >= 11 is 1.53. The predicted octanol–water partition coefficient (Wildman–Crippen LogP) is 6.33. The molecule has 0 radical (unpaired) electrons. The minimum Gasteiger partial charge on any atom is -0.462 e. The first-order chi connectivity index (χ1) is 15.6. The molecule has 32 heavy (non-hydrogen) atoms. The molecule has 3 aromatic rings. The quantitative estimate of drug-likeness (QED) is 0.431. The fraction of sp³-hybridized carbons (Fsp3) is 0.333. The first-order valence-corrected chi connectivity index (χ1v) is 12.2. The van der Waals surface area contributed by atoms with Gasteiger partial charge in [-0.25, -0.2) is 4.79 Å². The molecule has 5 heteroatoms. The molecule has 2 atom stereocenters. The highest BCUT2D eigenvalue weighted by Gasteiger charge is 2.31. The second-order valence-corrected chi connectivity index (χ2v) is 9.24. The fourth-order valence-corrected chi connectivity index (χ4v) is 5.88. The van der Waals surface area contributed by atoms with Crippen LogP contribution in [0.5, 0.6) is 0 Å². The SMILES string of the molecule is CCOC(=O)c1c(NC(=O)C(CC)c2ccccc2)sc2c1CCC(c1ccccc1)C2. The summed E-state index contributed by atoms with van der Waals surface area (Å²) in [6, 6.07) is 20.3. The molecular weight excluding hydrogens is 418 g/mol. The van der Waals surface area contributed by atoms with Crippen LogP contribution in [0.3, 0.4) is 0 Å². The maximum absolute atomic E-state index is 13.2. The van der Waals surface area contributed by atoms with E-state index in [9.17, 15) is 9.59 Å². The third-order valence-corrected chi connectivity index (χ3v) is 7.35. The van der Waals surface area contributed by atoms with Crippen LogP contribution in [0.1, 0.15) is 70.5 Å². The van der Waals surface area contributed by atoms with Gasteiger partial charge in [0, 0.05) is 4.88 Å². The molecule has 1 heterocycles. The molecule has 166 valence electrons. The molecule has 1 aliphatic carbocycles. The van der Waals surface area contributed by atoms with E-state index in [0.717, 1.165) is 30.4 Å². The Morgan fingerprint density at radius 3 is 2.41 bits per heavy atom. The largest absolute Gasteiger partial charge is 0.462 e. The van der Waals surface area contributed by atoms with Crippen LogP contribution in [0.2, 0.25) is 0 Å². The highest BCUT2D eigenvalue weighted by atomic mass is 32.1. The zero-order valence-corrected chi connectivity index (χ0v) is 19.4. The summed E-state index contributed by atoms with van der Waals surface area (Å²) in [6.45, 7) is 4.13. The molecule has 0 aliphatic heterocycles. The molecule has 4 rings (SSSR count). The summed E-state index contributed by atoms with van der Waals surface area (Å²) in [7, 11) is 0. The van der Waals surface area contributed by atoms with Crippen LogP contribution < -0.4 is 5.32 Å². The van der Waals surface area contributed by atoms with Crippen molar-refractivity contribution in [2.75, 3.05) is 11.9 Å². The second kappa shape index (κ2) is 10.1. The minimum atomic E-state index is -0.341. The Kier molecular flexibility index (Phi) is 7.05. The van der Waals surface area contributed by atoms with E-state index in [1.807, 2.05) is 50.2 Å². The monoisotopic (exact) mass is 447 g/mol. The van der Waals surface area contributed by atoms with Crippen molar-refractivity contribution in [1.29, 1.82) is 0 Å². The van der Waals surface area contributed by atoms with Crippen molar-refractivity contribution in [3.05, 3.63) is 87.8 Å². The zero-order valence-electron chi connectivity index (χ0n) is 18.6. The van der Waals surface area contributed by atoms with Gasteiger partial charge in [0.1, 0.15) is 5.00 Å². The number of rotatable bonds is 7. The molecule has 1 N–H and O–H groups in total. The van der Waals surface area contributed by atoms with Gasteiger partial charge in [0.05, 0.1) is 18.1 Å². The number of nitrogens with one attached hydrogen (secondary N) is 1. The highest BCUT2D eigenvalue weighted by molar-refractivity contribution is 7.17. The molecule has 1 amide bonds. The smallest absolute Gasteiger partial charge is 0.341 e. The lowest BCUT2D eigenvalue weighted by atomic mass is 9.83. The molecule has 2 unspecified atom stereocenters. The van der Waals surface area contributed by atoms with E-state index in [-0.39, 0.29) is 17.8 Å². The summed E-state index contributed by atoms with van der Waals surface area (Å²) in [5, 5.41) is 3.72.